The van der Waals surface area contributed by atoms with Crippen LogP contribution in [0.4, 0.5) is 0 Å². The molecule has 0 saturated carbocycles. The number of aliphatic hydroxyl groups excluding tert-OH is 1. The second kappa shape index (κ2) is 5.82. The molecule has 0 aliphatic heterocycles. The third-order valence-corrected chi connectivity index (χ3v) is 3.17. The number of carbonyl (C=O) groups excluding carboxylic acids is 1. The van der Waals surface area contributed by atoms with Crippen molar-refractivity contribution >= 4 is 5.91 Å². The molecule has 0 heterocycles. The van der Waals surface area contributed by atoms with E-state index in [4.69, 9.17) is 0 Å². The maximum absolute atomic E-state index is 12.1. The van der Waals surface area contributed by atoms with Gasteiger partial charge in [-0.3, -0.25) is 4.79 Å². The molecule has 1 aromatic carbocycles. The molecular weight excluding hydrogens is 214 g/mol. The highest BCUT2D eigenvalue weighted by atomic mass is 16.3. The Balaban J connectivity index is 2.86. The predicted octanol–water partition coefficient (Wildman–Crippen LogP) is 2.05. The quantitative estimate of drug-likeness (QED) is 0.839. The van der Waals surface area contributed by atoms with Crippen LogP contribution in [0.5, 0.6) is 0 Å². The topological polar surface area (TPSA) is 49.3 Å². The number of hydrogen-bond acceptors (Lipinski definition) is 2. The molecule has 17 heavy (non-hydrogen) atoms. The van der Waals surface area contributed by atoms with Crippen LogP contribution < -0.4 is 5.32 Å². The van der Waals surface area contributed by atoms with Crippen LogP contribution in [-0.4, -0.2) is 23.7 Å². The summed E-state index contributed by atoms with van der Waals surface area (Å²) < 4.78 is 0. The summed E-state index contributed by atoms with van der Waals surface area (Å²) in [5, 5.41) is 12.1. The third kappa shape index (κ3) is 3.30. The minimum Gasteiger partial charge on any atom is -0.394 e. The molecule has 2 N–H and O–H groups in total. The highest BCUT2D eigenvalue weighted by Crippen LogP contribution is 2.13. The van der Waals surface area contributed by atoms with Gasteiger partial charge in [-0.15, -0.1) is 0 Å². The van der Waals surface area contributed by atoms with Crippen molar-refractivity contribution in [2.45, 2.75) is 33.7 Å². The molecule has 0 saturated heterocycles. The van der Waals surface area contributed by atoms with E-state index >= 15 is 0 Å². The van der Waals surface area contributed by atoms with Crippen LogP contribution in [0.1, 0.15) is 35.3 Å². The summed E-state index contributed by atoms with van der Waals surface area (Å²) in [5.41, 5.74) is 2.78. The number of benzene rings is 1. The van der Waals surface area contributed by atoms with Gasteiger partial charge in [0, 0.05) is 5.56 Å². The highest BCUT2D eigenvalue weighted by molar-refractivity contribution is 5.96. The molecule has 1 amide bonds. The average molecular weight is 235 g/mol. The summed E-state index contributed by atoms with van der Waals surface area (Å²) in [6, 6.07) is 5.48. The van der Waals surface area contributed by atoms with E-state index in [1.165, 1.54) is 0 Å². The summed E-state index contributed by atoms with van der Waals surface area (Å²) in [5.74, 6) is 0.105. The Kier molecular flexibility index (Phi) is 4.70. The van der Waals surface area contributed by atoms with Gasteiger partial charge in [-0.2, -0.15) is 0 Å². The molecule has 0 aliphatic carbocycles. The van der Waals surface area contributed by atoms with Crippen molar-refractivity contribution in [2.75, 3.05) is 6.61 Å². The van der Waals surface area contributed by atoms with E-state index in [-0.39, 0.29) is 24.5 Å². The minimum atomic E-state index is -0.192. The summed E-state index contributed by atoms with van der Waals surface area (Å²) >= 11 is 0. The zero-order valence-corrected chi connectivity index (χ0v) is 10.9. The molecule has 3 nitrogen and oxygen atoms in total. The van der Waals surface area contributed by atoms with Crippen molar-refractivity contribution in [2.24, 2.45) is 5.92 Å². The van der Waals surface area contributed by atoms with Gasteiger partial charge in [0.05, 0.1) is 12.6 Å². The first-order chi connectivity index (χ1) is 7.97. The predicted molar refractivity (Wildman–Crippen MR) is 69.1 cm³/mol. The molecule has 0 bridgehead atoms. The summed E-state index contributed by atoms with van der Waals surface area (Å²) in [7, 11) is 0. The Morgan fingerprint density at radius 1 is 1.35 bits per heavy atom. The lowest BCUT2D eigenvalue weighted by molar-refractivity contribution is 0.0896. The fourth-order valence-electron chi connectivity index (χ4n) is 1.67. The van der Waals surface area contributed by atoms with E-state index in [2.05, 4.69) is 5.32 Å². The van der Waals surface area contributed by atoms with Gasteiger partial charge in [0.2, 0.25) is 0 Å². The number of amides is 1. The molecule has 94 valence electrons. The van der Waals surface area contributed by atoms with Gasteiger partial charge in [0.1, 0.15) is 0 Å². The smallest absolute Gasteiger partial charge is 0.251 e. The fourth-order valence-corrected chi connectivity index (χ4v) is 1.67. The van der Waals surface area contributed by atoms with E-state index in [0.29, 0.717) is 5.56 Å². The molecule has 0 spiro atoms. The Bertz CT molecular complexity index is 399. The first-order valence-corrected chi connectivity index (χ1v) is 5.95. The molecular formula is C14H21NO2. The SMILES string of the molecule is Cc1cccc(C(=O)N[C@H](CO)C(C)C)c1C. The molecule has 1 rings (SSSR count). The van der Waals surface area contributed by atoms with Crippen molar-refractivity contribution < 1.29 is 9.90 Å². The summed E-state index contributed by atoms with van der Waals surface area (Å²) in [6.45, 7) is 7.84. The average Bonchev–Trinajstić information content (AvgIpc) is 2.28. The number of hydrogen-bond donors (Lipinski definition) is 2. The van der Waals surface area contributed by atoms with Gasteiger partial charge in [0.15, 0.2) is 0 Å². The Morgan fingerprint density at radius 2 is 2.00 bits per heavy atom. The first kappa shape index (κ1) is 13.7. The highest BCUT2D eigenvalue weighted by Gasteiger charge is 2.17. The van der Waals surface area contributed by atoms with Gasteiger partial charge in [0.25, 0.3) is 5.91 Å². The van der Waals surface area contributed by atoms with E-state index < -0.39 is 0 Å². The van der Waals surface area contributed by atoms with E-state index in [1.54, 1.807) is 0 Å². The molecule has 0 aliphatic rings. The fraction of sp³-hybridized carbons (Fsp3) is 0.500. The van der Waals surface area contributed by atoms with Gasteiger partial charge in [-0.05, 0) is 37.0 Å². The molecule has 1 atom stereocenters. The molecule has 0 unspecified atom stereocenters. The zero-order chi connectivity index (χ0) is 13.0. The largest absolute Gasteiger partial charge is 0.394 e. The van der Waals surface area contributed by atoms with Crippen LogP contribution in [0, 0.1) is 19.8 Å². The van der Waals surface area contributed by atoms with Crippen LogP contribution in [-0.2, 0) is 0 Å². The summed E-state index contributed by atoms with van der Waals surface area (Å²) in [6.07, 6.45) is 0. The Labute approximate surface area is 103 Å². The lowest BCUT2D eigenvalue weighted by Crippen LogP contribution is -2.41. The van der Waals surface area contributed by atoms with Gasteiger partial charge in [-0.1, -0.05) is 26.0 Å². The van der Waals surface area contributed by atoms with Crippen molar-refractivity contribution in [3.63, 3.8) is 0 Å². The van der Waals surface area contributed by atoms with E-state index in [0.717, 1.165) is 11.1 Å². The molecule has 0 aromatic heterocycles. The standard InChI is InChI=1S/C14H21NO2/c1-9(2)13(8-16)15-14(17)12-7-5-6-10(3)11(12)4/h5-7,9,13,16H,8H2,1-4H3,(H,15,17)/t13-/m1/s1. The second-order valence-electron chi connectivity index (χ2n) is 4.75. The summed E-state index contributed by atoms with van der Waals surface area (Å²) in [4.78, 5) is 12.1. The number of nitrogens with one attached hydrogen (secondary N) is 1. The van der Waals surface area contributed by atoms with E-state index in [1.807, 2.05) is 45.9 Å². The Hall–Kier alpha value is -1.35. The van der Waals surface area contributed by atoms with Crippen LogP contribution in [0.15, 0.2) is 18.2 Å². The van der Waals surface area contributed by atoms with Gasteiger partial charge < -0.3 is 10.4 Å². The molecule has 3 heteroatoms. The molecule has 1 aromatic rings. The zero-order valence-electron chi connectivity index (χ0n) is 10.9. The third-order valence-electron chi connectivity index (χ3n) is 3.17. The maximum atomic E-state index is 12.1. The van der Waals surface area contributed by atoms with Gasteiger partial charge in [-0.25, -0.2) is 0 Å². The lowest BCUT2D eigenvalue weighted by Gasteiger charge is -2.20. The number of carbonyl (C=O) groups is 1. The monoisotopic (exact) mass is 235 g/mol. The number of aliphatic hydroxyl groups is 1. The van der Waals surface area contributed by atoms with E-state index in [9.17, 15) is 9.90 Å². The van der Waals surface area contributed by atoms with Gasteiger partial charge >= 0.3 is 0 Å². The van der Waals surface area contributed by atoms with Crippen LogP contribution >= 0.6 is 0 Å². The van der Waals surface area contributed by atoms with Crippen molar-refractivity contribution in [1.82, 2.24) is 5.32 Å². The normalized spacial score (nSPS) is 12.6. The maximum Gasteiger partial charge on any atom is 0.251 e. The second-order valence-corrected chi connectivity index (χ2v) is 4.75. The number of aryl methyl sites for hydroxylation is 1. The molecule has 0 fully saturated rings. The van der Waals surface area contributed by atoms with Crippen LogP contribution in [0.2, 0.25) is 0 Å². The Morgan fingerprint density at radius 3 is 2.53 bits per heavy atom. The minimum absolute atomic E-state index is 0.0335. The lowest BCUT2D eigenvalue weighted by atomic mass is 10.0. The number of rotatable bonds is 4. The van der Waals surface area contributed by atoms with Crippen molar-refractivity contribution in [3.05, 3.63) is 34.9 Å². The van der Waals surface area contributed by atoms with Crippen LogP contribution in [0.25, 0.3) is 0 Å². The first-order valence-electron chi connectivity index (χ1n) is 5.95. The van der Waals surface area contributed by atoms with Crippen LogP contribution in [0.3, 0.4) is 0 Å². The molecule has 0 radical (unpaired) electrons. The van der Waals surface area contributed by atoms with Crippen molar-refractivity contribution in [3.8, 4) is 0 Å². The van der Waals surface area contributed by atoms with Crippen molar-refractivity contribution in [1.29, 1.82) is 0 Å².